The van der Waals surface area contributed by atoms with E-state index in [1.807, 2.05) is 46.9 Å². The fraction of sp³-hybridized carbons (Fsp3) is 0.263. The van der Waals surface area contributed by atoms with Crippen LogP contribution in [0.25, 0.3) is 5.69 Å². The average Bonchev–Trinajstić information content (AvgIpc) is 3.32. The van der Waals surface area contributed by atoms with E-state index < -0.39 is 0 Å². The van der Waals surface area contributed by atoms with Crippen molar-refractivity contribution in [1.29, 1.82) is 0 Å². The smallest absolute Gasteiger partial charge is 0.318 e. The Labute approximate surface area is 150 Å². The van der Waals surface area contributed by atoms with Gasteiger partial charge in [0.15, 0.2) is 0 Å². The van der Waals surface area contributed by atoms with Gasteiger partial charge >= 0.3 is 6.03 Å². The SMILES string of the molecule is CC(NC(=O)N1CCc2sccc2C1)c1ccc(-n2ccnc2)cc1. The summed E-state index contributed by atoms with van der Waals surface area (Å²) in [6, 6.07) is 10.3. The van der Waals surface area contributed by atoms with Gasteiger partial charge in [-0.05, 0) is 48.1 Å². The van der Waals surface area contributed by atoms with E-state index in [1.54, 1.807) is 23.9 Å². The van der Waals surface area contributed by atoms with Crippen LogP contribution >= 0.6 is 11.3 Å². The molecule has 1 aromatic carbocycles. The summed E-state index contributed by atoms with van der Waals surface area (Å²) in [5, 5.41) is 5.22. The standard InChI is InChI=1S/C19H20N4OS/c1-14(15-2-4-17(5-3-15)23-10-8-20-13-23)21-19(24)22-9-6-18-16(12-22)7-11-25-18/h2-5,7-8,10-11,13-14H,6,9,12H2,1H3,(H,21,24). The maximum atomic E-state index is 12.6. The van der Waals surface area contributed by atoms with Crippen LogP contribution in [-0.2, 0) is 13.0 Å². The number of benzene rings is 1. The van der Waals surface area contributed by atoms with Gasteiger partial charge in [-0.25, -0.2) is 9.78 Å². The number of carbonyl (C=O) groups excluding carboxylic acids is 1. The molecule has 3 heterocycles. The van der Waals surface area contributed by atoms with Crippen LogP contribution in [0.2, 0.25) is 0 Å². The second kappa shape index (κ2) is 6.72. The zero-order chi connectivity index (χ0) is 17.2. The van der Waals surface area contributed by atoms with Crippen LogP contribution in [0, 0.1) is 0 Å². The molecule has 0 bridgehead atoms. The van der Waals surface area contributed by atoms with Crippen LogP contribution in [0.4, 0.5) is 4.79 Å². The lowest BCUT2D eigenvalue weighted by molar-refractivity contribution is 0.189. The zero-order valence-electron chi connectivity index (χ0n) is 14.1. The molecule has 4 rings (SSSR count). The Kier molecular flexibility index (Phi) is 4.28. The molecule has 0 saturated carbocycles. The molecule has 2 aromatic heterocycles. The molecule has 1 aliphatic rings. The zero-order valence-corrected chi connectivity index (χ0v) is 14.9. The molecule has 2 amide bonds. The minimum Gasteiger partial charge on any atom is -0.331 e. The van der Waals surface area contributed by atoms with E-state index in [9.17, 15) is 4.79 Å². The highest BCUT2D eigenvalue weighted by Gasteiger charge is 2.22. The van der Waals surface area contributed by atoms with Crippen molar-refractivity contribution >= 4 is 17.4 Å². The summed E-state index contributed by atoms with van der Waals surface area (Å²) in [6.45, 7) is 3.51. The van der Waals surface area contributed by atoms with Gasteiger partial charge in [0.2, 0.25) is 0 Å². The van der Waals surface area contributed by atoms with Gasteiger partial charge in [0.05, 0.1) is 12.4 Å². The van der Waals surface area contributed by atoms with Crippen LogP contribution in [0.5, 0.6) is 0 Å². The van der Waals surface area contributed by atoms with Crippen LogP contribution in [-0.4, -0.2) is 27.0 Å². The van der Waals surface area contributed by atoms with Gasteiger partial charge < -0.3 is 14.8 Å². The first-order valence-corrected chi connectivity index (χ1v) is 9.27. The first kappa shape index (κ1) is 15.9. The lowest BCUT2D eigenvalue weighted by atomic mass is 10.1. The van der Waals surface area contributed by atoms with E-state index >= 15 is 0 Å². The number of imidazole rings is 1. The van der Waals surface area contributed by atoms with E-state index in [0.717, 1.165) is 24.2 Å². The predicted octanol–water partition coefficient (Wildman–Crippen LogP) is 3.76. The molecular formula is C19H20N4OS. The van der Waals surface area contributed by atoms with E-state index in [0.29, 0.717) is 6.54 Å². The number of hydrogen-bond donors (Lipinski definition) is 1. The topological polar surface area (TPSA) is 50.2 Å². The molecule has 128 valence electrons. The normalized spacial score (nSPS) is 14.8. The molecule has 0 aliphatic carbocycles. The summed E-state index contributed by atoms with van der Waals surface area (Å²) in [4.78, 5) is 19.9. The number of nitrogens with zero attached hydrogens (tertiary/aromatic N) is 3. The van der Waals surface area contributed by atoms with Crippen molar-refractivity contribution < 1.29 is 4.79 Å². The molecule has 0 spiro atoms. The summed E-state index contributed by atoms with van der Waals surface area (Å²) in [6.07, 6.45) is 6.40. The van der Waals surface area contributed by atoms with Gasteiger partial charge in [-0.2, -0.15) is 0 Å². The Hall–Kier alpha value is -2.60. The molecule has 5 nitrogen and oxygen atoms in total. The Morgan fingerprint density at radius 3 is 2.88 bits per heavy atom. The van der Waals surface area contributed by atoms with Crippen molar-refractivity contribution in [3.63, 3.8) is 0 Å². The lowest BCUT2D eigenvalue weighted by Crippen LogP contribution is -2.43. The molecule has 0 radical (unpaired) electrons. The lowest BCUT2D eigenvalue weighted by Gasteiger charge is -2.28. The number of nitrogens with one attached hydrogen (secondary N) is 1. The second-order valence-electron chi connectivity index (χ2n) is 6.27. The highest BCUT2D eigenvalue weighted by Crippen LogP contribution is 2.24. The summed E-state index contributed by atoms with van der Waals surface area (Å²) < 4.78 is 1.96. The Morgan fingerprint density at radius 2 is 2.12 bits per heavy atom. The number of thiophene rings is 1. The molecule has 1 aliphatic heterocycles. The monoisotopic (exact) mass is 352 g/mol. The molecule has 3 aromatic rings. The maximum Gasteiger partial charge on any atom is 0.318 e. The summed E-state index contributed by atoms with van der Waals surface area (Å²) >= 11 is 1.79. The van der Waals surface area contributed by atoms with Gasteiger partial charge in [0.1, 0.15) is 0 Å². The highest BCUT2D eigenvalue weighted by molar-refractivity contribution is 7.10. The van der Waals surface area contributed by atoms with Crippen molar-refractivity contribution in [2.75, 3.05) is 6.54 Å². The van der Waals surface area contributed by atoms with Crippen LogP contribution < -0.4 is 5.32 Å². The molecule has 0 saturated heterocycles. The Balaban J connectivity index is 1.40. The number of amides is 2. The minimum atomic E-state index is -0.0341. The van der Waals surface area contributed by atoms with Crippen molar-refractivity contribution in [3.8, 4) is 5.69 Å². The largest absolute Gasteiger partial charge is 0.331 e. The minimum absolute atomic E-state index is 0.00281. The number of urea groups is 1. The molecular weight excluding hydrogens is 332 g/mol. The van der Waals surface area contributed by atoms with Gasteiger partial charge in [-0.15, -0.1) is 11.3 Å². The quantitative estimate of drug-likeness (QED) is 0.780. The van der Waals surface area contributed by atoms with Crippen LogP contribution in [0.3, 0.4) is 0 Å². The first-order chi connectivity index (χ1) is 12.2. The molecule has 1 N–H and O–H groups in total. The maximum absolute atomic E-state index is 12.6. The van der Waals surface area contributed by atoms with Crippen LogP contribution in [0.1, 0.15) is 29.0 Å². The molecule has 6 heteroatoms. The molecule has 1 unspecified atom stereocenters. The number of rotatable bonds is 3. The van der Waals surface area contributed by atoms with E-state index in [4.69, 9.17) is 0 Å². The Bertz CT molecular complexity index is 854. The molecule has 0 fully saturated rings. The first-order valence-electron chi connectivity index (χ1n) is 8.39. The van der Waals surface area contributed by atoms with E-state index in [-0.39, 0.29) is 12.1 Å². The number of carbonyl (C=O) groups is 1. The van der Waals surface area contributed by atoms with Gasteiger partial charge in [0, 0.05) is 36.0 Å². The number of aromatic nitrogens is 2. The van der Waals surface area contributed by atoms with Crippen molar-refractivity contribution in [2.45, 2.75) is 25.9 Å². The summed E-state index contributed by atoms with van der Waals surface area (Å²) in [5.41, 5.74) is 3.43. The van der Waals surface area contributed by atoms with Crippen molar-refractivity contribution in [2.24, 2.45) is 0 Å². The van der Waals surface area contributed by atoms with Gasteiger partial charge in [0.25, 0.3) is 0 Å². The second-order valence-corrected chi connectivity index (χ2v) is 7.27. The fourth-order valence-corrected chi connectivity index (χ4v) is 4.02. The Morgan fingerprint density at radius 1 is 1.28 bits per heavy atom. The molecule has 1 atom stereocenters. The number of fused-ring (bicyclic) bond motifs is 1. The number of hydrogen-bond acceptors (Lipinski definition) is 3. The summed E-state index contributed by atoms with van der Waals surface area (Å²) in [5.74, 6) is 0. The third kappa shape index (κ3) is 3.30. The van der Waals surface area contributed by atoms with Crippen molar-refractivity contribution in [3.05, 3.63) is 70.4 Å². The van der Waals surface area contributed by atoms with Crippen LogP contribution in [0.15, 0.2) is 54.4 Å². The van der Waals surface area contributed by atoms with E-state index in [1.165, 1.54) is 10.4 Å². The third-order valence-corrected chi connectivity index (χ3v) is 5.65. The summed E-state index contributed by atoms with van der Waals surface area (Å²) in [7, 11) is 0. The third-order valence-electron chi connectivity index (χ3n) is 4.63. The highest BCUT2D eigenvalue weighted by atomic mass is 32.1. The molecule has 25 heavy (non-hydrogen) atoms. The van der Waals surface area contributed by atoms with Crippen molar-refractivity contribution in [1.82, 2.24) is 19.8 Å². The van der Waals surface area contributed by atoms with Gasteiger partial charge in [-0.3, -0.25) is 0 Å². The van der Waals surface area contributed by atoms with E-state index in [2.05, 4.69) is 21.7 Å². The fourth-order valence-electron chi connectivity index (χ4n) is 3.13. The van der Waals surface area contributed by atoms with Gasteiger partial charge in [-0.1, -0.05) is 12.1 Å². The average molecular weight is 352 g/mol. The predicted molar refractivity (Wildman–Crippen MR) is 98.9 cm³/mol.